The Balaban J connectivity index is 1.21. The van der Waals surface area contributed by atoms with Crippen LogP contribution in [0.2, 0.25) is 0 Å². The van der Waals surface area contributed by atoms with Crippen LogP contribution in [0.4, 0.5) is 11.5 Å². The summed E-state index contributed by atoms with van der Waals surface area (Å²) in [6, 6.07) is 22.6. The highest BCUT2D eigenvalue weighted by atomic mass is 16.5. The van der Waals surface area contributed by atoms with E-state index in [9.17, 15) is 4.79 Å². The number of hydrogen-bond acceptors (Lipinski definition) is 7. The van der Waals surface area contributed by atoms with Gasteiger partial charge in [0.1, 0.15) is 6.10 Å². The SMILES string of the molecule is CN1CCC(Oc2nc3ccc(NC(=O)c4ccc(-c5cccc(C#N)c5)cc4)cc3nc2N2CCCC2)CC1. The molecule has 202 valence electrons. The second kappa shape index (κ2) is 11.3. The average molecular weight is 533 g/mol. The van der Waals surface area contributed by atoms with Crippen LogP contribution in [0, 0.1) is 11.3 Å². The Bertz CT molecular complexity index is 1570. The van der Waals surface area contributed by atoms with Gasteiger partial charge in [0, 0.05) is 37.4 Å². The molecule has 6 rings (SSSR count). The van der Waals surface area contributed by atoms with Gasteiger partial charge in [-0.2, -0.15) is 5.26 Å². The zero-order valence-electron chi connectivity index (χ0n) is 22.6. The molecule has 0 bridgehead atoms. The number of fused-ring (bicyclic) bond motifs is 1. The molecule has 0 unspecified atom stereocenters. The Labute approximate surface area is 234 Å². The minimum absolute atomic E-state index is 0.143. The van der Waals surface area contributed by atoms with E-state index in [1.165, 1.54) is 0 Å². The molecule has 3 heterocycles. The lowest BCUT2D eigenvalue weighted by atomic mass is 10.0. The fourth-order valence-electron chi connectivity index (χ4n) is 5.37. The Kier molecular flexibility index (Phi) is 7.30. The van der Waals surface area contributed by atoms with Crippen LogP contribution in [-0.4, -0.2) is 60.1 Å². The monoisotopic (exact) mass is 532 g/mol. The van der Waals surface area contributed by atoms with Gasteiger partial charge in [-0.25, -0.2) is 9.97 Å². The molecule has 0 atom stereocenters. The number of anilines is 2. The number of aromatic nitrogens is 2. The van der Waals surface area contributed by atoms with E-state index in [-0.39, 0.29) is 12.0 Å². The number of ether oxygens (including phenoxy) is 1. The Hall–Kier alpha value is -4.48. The highest BCUT2D eigenvalue weighted by Gasteiger charge is 2.25. The molecular formula is C32H32N6O2. The van der Waals surface area contributed by atoms with Gasteiger partial charge >= 0.3 is 0 Å². The van der Waals surface area contributed by atoms with Crippen molar-refractivity contribution in [3.8, 4) is 23.1 Å². The molecule has 1 N–H and O–H groups in total. The maximum atomic E-state index is 13.1. The van der Waals surface area contributed by atoms with Crippen molar-refractivity contribution in [3.05, 3.63) is 77.9 Å². The van der Waals surface area contributed by atoms with Crippen LogP contribution >= 0.6 is 0 Å². The molecule has 2 fully saturated rings. The third-order valence-electron chi connectivity index (χ3n) is 7.69. The summed E-state index contributed by atoms with van der Waals surface area (Å²) in [6.07, 6.45) is 4.37. The molecule has 0 spiro atoms. The van der Waals surface area contributed by atoms with Crippen molar-refractivity contribution in [2.75, 3.05) is 43.4 Å². The van der Waals surface area contributed by atoms with Gasteiger partial charge in [0.05, 0.1) is 22.7 Å². The fourth-order valence-corrected chi connectivity index (χ4v) is 5.37. The van der Waals surface area contributed by atoms with E-state index in [0.717, 1.165) is 79.8 Å². The molecule has 4 aromatic rings. The molecule has 0 saturated carbocycles. The molecule has 0 radical (unpaired) electrons. The zero-order valence-corrected chi connectivity index (χ0v) is 22.6. The van der Waals surface area contributed by atoms with E-state index < -0.39 is 0 Å². The molecule has 1 amide bonds. The maximum absolute atomic E-state index is 13.1. The topological polar surface area (TPSA) is 94.4 Å². The lowest BCUT2D eigenvalue weighted by molar-refractivity contribution is 0.102. The number of nitriles is 1. The number of likely N-dealkylation sites (tertiary alicyclic amines) is 1. The molecule has 0 aliphatic carbocycles. The van der Waals surface area contributed by atoms with Gasteiger partial charge in [-0.05, 0) is 86.3 Å². The van der Waals surface area contributed by atoms with E-state index >= 15 is 0 Å². The first-order valence-electron chi connectivity index (χ1n) is 13.9. The lowest BCUT2D eigenvalue weighted by Crippen LogP contribution is -2.36. The summed E-state index contributed by atoms with van der Waals surface area (Å²) in [5.74, 6) is 1.20. The van der Waals surface area contributed by atoms with Crippen LogP contribution in [0.25, 0.3) is 22.2 Å². The zero-order chi connectivity index (χ0) is 27.5. The summed E-state index contributed by atoms with van der Waals surface area (Å²) >= 11 is 0. The number of amides is 1. The van der Waals surface area contributed by atoms with Crippen molar-refractivity contribution >= 4 is 28.4 Å². The number of carbonyl (C=O) groups excluding carboxylic acids is 1. The smallest absolute Gasteiger partial charge is 0.258 e. The molecule has 3 aromatic carbocycles. The lowest BCUT2D eigenvalue weighted by Gasteiger charge is -2.30. The second-order valence-electron chi connectivity index (χ2n) is 10.6. The third kappa shape index (κ3) is 5.61. The first-order valence-corrected chi connectivity index (χ1v) is 13.9. The molecule has 2 aliphatic heterocycles. The van der Waals surface area contributed by atoms with Crippen molar-refractivity contribution in [2.45, 2.75) is 31.8 Å². The van der Waals surface area contributed by atoms with Crippen molar-refractivity contribution < 1.29 is 9.53 Å². The Morgan fingerprint density at radius 2 is 1.70 bits per heavy atom. The average Bonchev–Trinajstić information content (AvgIpc) is 3.53. The summed E-state index contributed by atoms with van der Waals surface area (Å²) in [7, 11) is 2.14. The minimum atomic E-state index is -0.202. The first kappa shape index (κ1) is 25.8. The summed E-state index contributed by atoms with van der Waals surface area (Å²) in [6.45, 7) is 3.92. The minimum Gasteiger partial charge on any atom is -0.472 e. The number of carbonyl (C=O) groups is 1. The van der Waals surface area contributed by atoms with E-state index in [1.807, 2.05) is 48.5 Å². The van der Waals surface area contributed by atoms with Gasteiger partial charge in [-0.1, -0.05) is 24.3 Å². The molecule has 2 saturated heterocycles. The predicted octanol–water partition coefficient (Wildman–Crippen LogP) is 5.49. The summed E-state index contributed by atoms with van der Waals surface area (Å²) in [4.78, 5) is 27.5. The van der Waals surface area contributed by atoms with Crippen molar-refractivity contribution in [3.63, 3.8) is 0 Å². The van der Waals surface area contributed by atoms with Gasteiger partial charge in [0.15, 0.2) is 5.82 Å². The molecule has 8 heteroatoms. The molecule has 8 nitrogen and oxygen atoms in total. The van der Waals surface area contributed by atoms with E-state index in [4.69, 9.17) is 20.0 Å². The normalized spacial score (nSPS) is 16.1. The fraction of sp³-hybridized carbons (Fsp3) is 0.312. The van der Waals surface area contributed by atoms with Crippen LogP contribution < -0.4 is 15.0 Å². The van der Waals surface area contributed by atoms with E-state index in [2.05, 4.69) is 28.2 Å². The first-order chi connectivity index (χ1) is 19.6. The van der Waals surface area contributed by atoms with E-state index in [0.29, 0.717) is 22.7 Å². The standard InChI is InChI=1S/C32H32N6O2/c1-37-17-13-27(14-18-37)40-32-30(38-15-2-3-16-38)35-29-20-26(11-12-28(29)36-32)34-31(39)24-9-7-23(8-10-24)25-6-4-5-22(19-25)21-33/h4-12,19-20,27H,2-3,13-18H2,1H3,(H,34,39). The highest BCUT2D eigenvalue weighted by Crippen LogP contribution is 2.32. The van der Waals surface area contributed by atoms with Crippen LogP contribution in [0.5, 0.6) is 5.88 Å². The molecule has 2 aliphatic rings. The summed E-state index contributed by atoms with van der Waals surface area (Å²) in [5.41, 5.74) is 5.16. The highest BCUT2D eigenvalue weighted by molar-refractivity contribution is 6.05. The van der Waals surface area contributed by atoms with Crippen LogP contribution in [0.1, 0.15) is 41.6 Å². The Morgan fingerprint density at radius 3 is 2.45 bits per heavy atom. The quantitative estimate of drug-likeness (QED) is 0.351. The number of hydrogen-bond donors (Lipinski definition) is 1. The number of nitrogens with one attached hydrogen (secondary N) is 1. The van der Waals surface area contributed by atoms with Gasteiger partial charge in [-0.15, -0.1) is 0 Å². The molecule has 40 heavy (non-hydrogen) atoms. The van der Waals surface area contributed by atoms with Crippen LogP contribution in [0.3, 0.4) is 0 Å². The van der Waals surface area contributed by atoms with Crippen molar-refractivity contribution in [1.29, 1.82) is 5.26 Å². The Morgan fingerprint density at radius 1 is 0.925 bits per heavy atom. The number of piperidine rings is 1. The van der Waals surface area contributed by atoms with E-state index in [1.54, 1.807) is 18.2 Å². The van der Waals surface area contributed by atoms with Crippen LogP contribution in [0.15, 0.2) is 66.7 Å². The number of benzene rings is 3. The van der Waals surface area contributed by atoms with Crippen LogP contribution in [-0.2, 0) is 0 Å². The molecular weight excluding hydrogens is 500 g/mol. The largest absolute Gasteiger partial charge is 0.472 e. The predicted molar refractivity (Wildman–Crippen MR) is 157 cm³/mol. The molecule has 1 aromatic heterocycles. The number of rotatable bonds is 6. The summed E-state index contributed by atoms with van der Waals surface area (Å²) in [5, 5.41) is 12.2. The van der Waals surface area contributed by atoms with Gasteiger partial charge < -0.3 is 19.9 Å². The van der Waals surface area contributed by atoms with Crippen molar-refractivity contribution in [2.24, 2.45) is 0 Å². The third-order valence-corrected chi connectivity index (χ3v) is 7.69. The van der Waals surface area contributed by atoms with Crippen molar-refractivity contribution in [1.82, 2.24) is 14.9 Å². The maximum Gasteiger partial charge on any atom is 0.258 e. The van der Waals surface area contributed by atoms with Gasteiger partial charge in [0.2, 0.25) is 0 Å². The summed E-state index contributed by atoms with van der Waals surface area (Å²) < 4.78 is 6.43. The van der Waals surface area contributed by atoms with Gasteiger partial charge in [-0.3, -0.25) is 4.79 Å². The number of nitrogens with zero attached hydrogens (tertiary/aromatic N) is 5. The van der Waals surface area contributed by atoms with Gasteiger partial charge in [0.25, 0.3) is 11.8 Å². The second-order valence-corrected chi connectivity index (χ2v) is 10.6.